The number of allylic oxidation sites excluding steroid dienone is 2. The second-order valence-electron chi connectivity index (χ2n) is 2.72. The fourth-order valence-corrected chi connectivity index (χ4v) is 1.72. The standard InChI is InChI=1S/C7H10.Au.ClH/c1-2-7-4-3-6(1)5-7;;/h1-2,6-7H,3-5H2;;1H/q;+1;/p-1. The Morgan fingerprint density at radius 2 is 1.56 bits per heavy atom. The van der Waals surface area contributed by atoms with E-state index in [0.717, 1.165) is 11.8 Å². The van der Waals surface area contributed by atoms with Crippen LogP contribution in [0, 0.1) is 11.8 Å². The quantitative estimate of drug-likeness (QED) is 0.474. The third kappa shape index (κ3) is 1.84. The molecule has 1 fully saturated rings. The van der Waals surface area contributed by atoms with Crippen molar-refractivity contribution in [3.05, 3.63) is 12.2 Å². The molecule has 0 saturated heterocycles. The van der Waals surface area contributed by atoms with Crippen LogP contribution in [0.15, 0.2) is 12.2 Å². The minimum atomic E-state index is 0.991. The van der Waals surface area contributed by atoms with Gasteiger partial charge in [-0.1, -0.05) is 12.2 Å². The Kier molecular flexibility index (Phi) is 3.34. The summed E-state index contributed by atoms with van der Waals surface area (Å²) in [5.74, 6) is 1.98. The van der Waals surface area contributed by atoms with E-state index in [1.54, 1.807) is 20.0 Å². The Balaban J connectivity index is 0.000000186. The third-order valence-corrected chi connectivity index (χ3v) is 2.17. The monoisotopic (exact) mass is 326 g/mol. The van der Waals surface area contributed by atoms with Crippen LogP contribution in [0.25, 0.3) is 0 Å². The van der Waals surface area contributed by atoms with Crippen molar-refractivity contribution in [3.8, 4) is 0 Å². The maximum atomic E-state index is 4.58. The molecule has 2 heteroatoms. The molecule has 1 saturated carbocycles. The number of rotatable bonds is 0. The summed E-state index contributed by atoms with van der Waals surface area (Å²) < 4.78 is 0. The van der Waals surface area contributed by atoms with Gasteiger partial charge in [0.1, 0.15) is 0 Å². The van der Waals surface area contributed by atoms with Gasteiger partial charge in [0.15, 0.2) is 0 Å². The predicted molar refractivity (Wildman–Crippen MR) is 35.8 cm³/mol. The van der Waals surface area contributed by atoms with Gasteiger partial charge in [-0.2, -0.15) is 0 Å². The van der Waals surface area contributed by atoms with Crippen LogP contribution in [0.4, 0.5) is 0 Å². The number of halogens is 1. The molecule has 0 aliphatic heterocycles. The van der Waals surface area contributed by atoms with Crippen molar-refractivity contribution < 1.29 is 20.0 Å². The second-order valence-corrected chi connectivity index (χ2v) is 2.72. The Hall–Kier alpha value is 0.770. The molecule has 2 bridgehead atoms. The molecule has 0 nitrogen and oxygen atoms in total. The van der Waals surface area contributed by atoms with Crippen molar-refractivity contribution in [2.45, 2.75) is 19.3 Å². The first kappa shape index (κ1) is 7.87. The average molecular weight is 327 g/mol. The Bertz CT molecular complexity index is 99.5. The van der Waals surface area contributed by atoms with E-state index in [1.807, 2.05) is 0 Å². The molecule has 0 amide bonds. The molecule has 0 heterocycles. The van der Waals surface area contributed by atoms with Gasteiger partial charge in [0.2, 0.25) is 0 Å². The van der Waals surface area contributed by atoms with Crippen molar-refractivity contribution >= 4 is 9.19 Å². The molecule has 0 aromatic carbocycles. The minimum absolute atomic E-state index is 0.991. The zero-order chi connectivity index (χ0) is 6.69. The number of hydrogen-bond donors (Lipinski definition) is 0. The summed E-state index contributed by atoms with van der Waals surface area (Å²) >= 11 is 1.75. The van der Waals surface area contributed by atoms with E-state index in [1.165, 1.54) is 19.3 Å². The van der Waals surface area contributed by atoms with Gasteiger partial charge >= 0.3 is 29.2 Å². The molecule has 9 heavy (non-hydrogen) atoms. The SMILES string of the molecule is C1=CC2CCC1C2.[Cl][Au]. The molecule has 2 aliphatic rings. The van der Waals surface area contributed by atoms with Crippen LogP contribution in [0.5, 0.6) is 0 Å². The van der Waals surface area contributed by atoms with Gasteiger partial charge in [0.25, 0.3) is 0 Å². The van der Waals surface area contributed by atoms with E-state index in [9.17, 15) is 0 Å². The summed E-state index contributed by atoms with van der Waals surface area (Å²) in [6.45, 7) is 0. The molecule has 0 spiro atoms. The van der Waals surface area contributed by atoms with Crippen LogP contribution in [0.2, 0.25) is 0 Å². The fourth-order valence-electron chi connectivity index (χ4n) is 1.72. The van der Waals surface area contributed by atoms with Crippen molar-refractivity contribution in [1.29, 1.82) is 0 Å². The van der Waals surface area contributed by atoms with Gasteiger partial charge in [-0.05, 0) is 31.1 Å². The topological polar surface area (TPSA) is 0 Å². The average Bonchev–Trinajstić information content (AvgIpc) is 2.53. The first-order valence-corrected chi connectivity index (χ1v) is 5.93. The molecule has 0 aromatic heterocycles. The maximum absolute atomic E-state index is 4.58. The van der Waals surface area contributed by atoms with Crippen molar-refractivity contribution in [2.75, 3.05) is 0 Å². The normalized spacial score (nSPS) is 36.3. The van der Waals surface area contributed by atoms with Gasteiger partial charge < -0.3 is 0 Å². The Morgan fingerprint density at radius 3 is 1.67 bits per heavy atom. The molecule has 2 rings (SSSR count). The molecule has 2 unspecified atom stereocenters. The first-order chi connectivity index (χ1) is 4.45. The van der Waals surface area contributed by atoms with E-state index in [-0.39, 0.29) is 0 Å². The zero-order valence-electron chi connectivity index (χ0n) is 5.11. The Labute approximate surface area is 72.4 Å². The molecule has 56 valence electrons. The van der Waals surface area contributed by atoms with Crippen LogP contribution >= 0.6 is 9.19 Å². The molecular weight excluding hydrogens is 316 g/mol. The summed E-state index contributed by atoms with van der Waals surface area (Å²) in [7, 11) is 4.58. The first-order valence-electron chi connectivity index (χ1n) is 3.25. The van der Waals surface area contributed by atoms with Gasteiger partial charge in [0, 0.05) is 0 Å². The number of fused-ring (bicyclic) bond motifs is 2. The van der Waals surface area contributed by atoms with Crippen molar-refractivity contribution in [1.82, 2.24) is 0 Å². The molecular formula is C7H10AuCl. The van der Waals surface area contributed by atoms with Crippen molar-refractivity contribution in [3.63, 3.8) is 0 Å². The van der Waals surface area contributed by atoms with Crippen LogP contribution in [0.1, 0.15) is 19.3 Å². The zero-order valence-corrected chi connectivity index (χ0v) is 8.03. The van der Waals surface area contributed by atoms with Gasteiger partial charge in [-0.3, -0.25) is 0 Å². The summed E-state index contributed by atoms with van der Waals surface area (Å²) in [5.41, 5.74) is 0. The van der Waals surface area contributed by atoms with Crippen LogP contribution in [-0.4, -0.2) is 0 Å². The molecule has 2 atom stereocenters. The van der Waals surface area contributed by atoms with E-state index >= 15 is 0 Å². The molecule has 0 N–H and O–H groups in total. The predicted octanol–water partition coefficient (Wildman–Crippen LogP) is 2.66. The summed E-state index contributed by atoms with van der Waals surface area (Å²) in [4.78, 5) is 0. The molecule has 2 aliphatic carbocycles. The van der Waals surface area contributed by atoms with Gasteiger partial charge in [-0.15, -0.1) is 0 Å². The number of hydrogen-bond acceptors (Lipinski definition) is 0. The van der Waals surface area contributed by atoms with Gasteiger partial charge in [-0.25, -0.2) is 0 Å². The Morgan fingerprint density at radius 1 is 1.11 bits per heavy atom. The summed E-state index contributed by atoms with van der Waals surface area (Å²) in [6.07, 6.45) is 9.19. The fraction of sp³-hybridized carbons (Fsp3) is 0.714. The van der Waals surface area contributed by atoms with Gasteiger partial charge in [0.05, 0.1) is 0 Å². The summed E-state index contributed by atoms with van der Waals surface area (Å²) in [6, 6.07) is 0. The van der Waals surface area contributed by atoms with Crippen molar-refractivity contribution in [2.24, 2.45) is 11.8 Å². The van der Waals surface area contributed by atoms with E-state index < -0.39 is 0 Å². The van der Waals surface area contributed by atoms with E-state index in [0.29, 0.717) is 0 Å². The van der Waals surface area contributed by atoms with E-state index in [4.69, 9.17) is 0 Å². The summed E-state index contributed by atoms with van der Waals surface area (Å²) in [5, 5.41) is 0. The van der Waals surface area contributed by atoms with Crippen LogP contribution in [-0.2, 0) is 20.0 Å². The molecule has 0 aromatic rings. The third-order valence-electron chi connectivity index (χ3n) is 2.17. The second kappa shape index (κ2) is 3.82. The van der Waals surface area contributed by atoms with Crippen LogP contribution < -0.4 is 0 Å². The van der Waals surface area contributed by atoms with Crippen LogP contribution in [0.3, 0.4) is 0 Å². The van der Waals surface area contributed by atoms with E-state index in [2.05, 4.69) is 21.3 Å². The molecule has 0 radical (unpaired) electrons.